The van der Waals surface area contributed by atoms with Gasteiger partial charge in [0.2, 0.25) is 11.8 Å². The largest absolute Gasteiger partial charge is 0.416 e. The zero-order valence-electron chi connectivity index (χ0n) is 22.5. The number of nitrogens with one attached hydrogen (secondary N) is 1. The summed E-state index contributed by atoms with van der Waals surface area (Å²) in [6, 6.07) is 17.2. The second-order valence-corrected chi connectivity index (χ2v) is 11.2. The van der Waals surface area contributed by atoms with Crippen molar-refractivity contribution < 1.29 is 31.2 Å². The molecule has 3 rings (SSSR count). The van der Waals surface area contributed by atoms with Gasteiger partial charge >= 0.3 is 6.18 Å². The average Bonchev–Trinajstić information content (AvgIpc) is 2.93. The molecule has 0 aliphatic rings. The van der Waals surface area contributed by atoms with E-state index in [1.165, 1.54) is 42.2 Å². The molecular weight excluding hydrogens is 543 g/mol. The lowest BCUT2D eigenvalue weighted by Crippen LogP contribution is -2.51. The molecule has 0 fully saturated rings. The molecule has 11 heteroatoms. The van der Waals surface area contributed by atoms with Crippen LogP contribution >= 0.6 is 0 Å². The van der Waals surface area contributed by atoms with Crippen LogP contribution in [-0.4, -0.2) is 44.3 Å². The molecule has 0 aliphatic heterocycles. The number of hydrogen-bond donors (Lipinski definition) is 1. The Morgan fingerprint density at radius 3 is 2.23 bits per heavy atom. The summed E-state index contributed by atoms with van der Waals surface area (Å²) in [4.78, 5) is 27.8. The lowest BCUT2D eigenvalue weighted by Gasteiger charge is -2.32. The van der Waals surface area contributed by atoms with E-state index in [-0.39, 0.29) is 17.1 Å². The van der Waals surface area contributed by atoms with Crippen molar-refractivity contribution in [3.63, 3.8) is 0 Å². The van der Waals surface area contributed by atoms with Crippen LogP contribution in [0, 0.1) is 6.92 Å². The second kappa shape index (κ2) is 13.0. The number of amides is 2. The summed E-state index contributed by atoms with van der Waals surface area (Å²) < 4.78 is 68.7. The van der Waals surface area contributed by atoms with Crippen LogP contribution in [0.3, 0.4) is 0 Å². The summed E-state index contributed by atoms with van der Waals surface area (Å²) in [7, 11) is -4.47. The van der Waals surface area contributed by atoms with E-state index in [9.17, 15) is 31.2 Å². The molecule has 0 radical (unpaired) electrons. The maximum atomic E-state index is 13.8. The first-order chi connectivity index (χ1) is 18.9. The third-order valence-electron chi connectivity index (χ3n) is 6.39. The Hall–Kier alpha value is -3.86. The zero-order chi connectivity index (χ0) is 29.5. The summed E-state index contributed by atoms with van der Waals surface area (Å²) >= 11 is 0. The van der Waals surface area contributed by atoms with Gasteiger partial charge in [0.15, 0.2) is 0 Å². The molecule has 0 aliphatic carbocycles. The van der Waals surface area contributed by atoms with E-state index in [1.807, 2.05) is 26.0 Å². The van der Waals surface area contributed by atoms with Crippen molar-refractivity contribution in [1.29, 1.82) is 0 Å². The van der Waals surface area contributed by atoms with Crippen molar-refractivity contribution in [2.45, 2.75) is 50.9 Å². The van der Waals surface area contributed by atoms with Gasteiger partial charge < -0.3 is 10.2 Å². The van der Waals surface area contributed by atoms with E-state index in [0.29, 0.717) is 23.3 Å². The Balaban J connectivity index is 2.08. The molecule has 0 bridgehead atoms. The Bertz CT molecular complexity index is 1430. The van der Waals surface area contributed by atoms with E-state index >= 15 is 0 Å². The molecule has 1 atom stereocenters. The highest BCUT2D eigenvalue weighted by atomic mass is 32.2. The fraction of sp³-hybridized carbons (Fsp3) is 0.310. The van der Waals surface area contributed by atoms with Gasteiger partial charge in [-0.1, -0.05) is 55.5 Å². The minimum Gasteiger partial charge on any atom is -0.354 e. The number of alkyl halides is 3. The van der Waals surface area contributed by atoms with Crippen LogP contribution in [0.2, 0.25) is 0 Å². The molecule has 7 nitrogen and oxygen atoms in total. The predicted octanol–water partition coefficient (Wildman–Crippen LogP) is 5.15. The summed E-state index contributed by atoms with van der Waals surface area (Å²) in [5, 5.41) is 2.74. The van der Waals surface area contributed by atoms with Crippen molar-refractivity contribution in [3.8, 4) is 0 Å². The monoisotopic (exact) mass is 575 g/mol. The minimum atomic E-state index is -4.73. The Morgan fingerprint density at radius 1 is 0.950 bits per heavy atom. The second-order valence-electron chi connectivity index (χ2n) is 9.29. The molecule has 214 valence electrons. The lowest BCUT2D eigenvalue weighted by molar-refractivity contribution is -0.139. The number of hydrogen-bond acceptors (Lipinski definition) is 4. The van der Waals surface area contributed by atoms with Gasteiger partial charge in [-0.25, -0.2) is 8.42 Å². The van der Waals surface area contributed by atoms with Gasteiger partial charge in [0.25, 0.3) is 10.0 Å². The minimum absolute atomic E-state index is 0.00592. The molecule has 0 saturated heterocycles. The number of sulfonamides is 1. The lowest BCUT2D eigenvalue weighted by atomic mass is 10.1. The molecule has 1 N–H and O–H groups in total. The fourth-order valence-electron chi connectivity index (χ4n) is 4.04. The van der Waals surface area contributed by atoms with Crippen LogP contribution in [0.15, 0.2) is 83.8 Å². The Kier molecular flexibility index (Phi) is 9.97. The first-order valence-corrected chi connectivity index (χ1v) is 14.2. The highest BCUT2D eigenvalue weighted by molar-refractivity contribution is 7.92. The van der Waals surface area contributed by atoms with Gasteiger partial charge in [-0.2, -0.15) is 13.2 Å². The smallest absolute Gasteiger partial charge is 0.354 e. The SMILES string of the molecule is CCCNC(=O)C(C)N(Cc1ccccc1C)C(=O)CN(c1cccc(C(F)(F)F)c1)S(=O)(=O)c1ccccc1. The molecule has 0 heterocycles. The number of rotatable bonds is 11. The van der Waals surface area contributed by atoms with Crippen molar-refractivity contribution in [2.75, 3.05) is 17.4 Å². The number of halogens is 3. The number of carbonyl (C=O) groups excluding carboxylic acids is 2. The summed E-state index contributed by atoms with van der Waals surface area (Å²) in [6.45, 7) is 4.80. The van der Waals surface area contributed by atoms with E-state index < -0.39 is 46.2 Å². The quantitative estimate of drug-likeness (QED) is 0.343. The van der Waals surface area contributed by atoms with Gasteiger partial charge in [0.05, 0.1) is 16.1 Å². The topological polar surface area (TPSA) is 86.8 Å². The van der Waals surface area contributed by atoms with Gasteiger partial charge in [-0.05, 0) is 61.7 Å². The summed E-state index contributed by atoms with van der Waals surface area (Å²) in [5.74, 6) is -1.18. The maximum absolute atomic E-state index is 13.8. The third-order valence-corrected chi connectivity index (χ3v) is 8.18. The number of nitrogens with zero attached hydrogens (tertiary/aromatic N) is 2. The summed E-state index contributed by atoms with van der Waals surface area (Å²) in [6.07, 6.45) is -4.06. The number of carbonyl (C=O) groups is 2. The molecule has 3 aromatic rings. The number of benzene rings is 3. The molecule has 3 aromatic carbocycles. The van der Waals surface area contributed by atoms with Crippen LogP contribution < -0.4 is 9.62 Å². The molecule has 2 amide bonds. The fourth-order valence-corrected chi connectivity index (χ4v) is 5.46. The van der Waals surface area contributed by atoms with Gasteiger partial charge in [0.1, 0.15) is 12.6 Å². The van der Waals surface area contributed by atoms with E-state index in [1.54, 1.807) is 18.2 Å². The molecule has 1 unspecified atom stereocenters. The average molecular weight is 576 g/mol. The van der Waals surface area contributed by atoms with Gasteiger partial charge in [-0.3, -0.25) is 13.9 Å². The highest BCUT2D eigenvalue weighted by Crippen LogP contribution is 2.33. The first-order valence-electron chi connectivity index (χ1n) is 12.7. The standard InChI is InChI=1S/C29H32F3N3O4S/c1-4-17-33-28(37)22(3)34(19-23-12-9-8-11-21(23)2)27(36)20-35(40(38,39)26-15-6-5-7-16-26)25-14-10-13-24(18-25)29(30,31)32/h5-16,18,22H,4,17,19-20H2,1-3H3,(H,33,37). The molecule has 0 spiro atoms. The Morgan fingerprint density at radius 2 is 1.60 bits per heavy atom. The molecule has 0 aromatic heterocycles. The summed E-state index contributed by atoms with van der Waals surface area (Å²) in [5.41, 5.74) is 0.205. The van der Waals surface area contributed by atoms with Crippen LogP contribution in [-0.2, 0) is 32.3 Å². The van der Waals surface area contributed by atoms with Gasteiger partial charge in [-0.15, -0.1) is 0 Å². The van der Waals surface area contributed by atoms with Crippen LogP contribution in [0.5, 0.6) is 0 Å². The highest BCUT2D eigenvalue weighted by Gasteiger charge is 2.35. The van der Waals surface area contributed by atoms with E-state index in [0.717, 1.165) is 23.3 Å². The van der Waals surface area contributed by atoms with E-state index in [4.69, 9.17) is 0 Å². The van der Waals surface area contributed by atoms with E-state index in [2.05, 4.69) is 5.32 Å². The molecule has 0 saturated carbocycles. The predicted molar refractivity (Wildman–Crippen MR) is 147 cm³/mol. The number of aryl methyl sites for hydroxylation is 1. The van der Waals surface area contributed by atoms with Crippen molar-refractivity contribution in [3.05, 3.63) is 95.6 Å². The normalized spacial score (nSPS) is 12.4. The maximum Gasteiger partial charge on any atom is 0.416 e. The van der Waals surface area contributed by atoms with Crippen LogP contribution in [0.1, 0.15) is 37.0 Å². The van der Waals surface area contributed by atoms with Crippen LogP contribution in [0.25, 0.3) is 0 Å². The van der Waals surface area contributed by atoms with Gasteiger partial charge in [0, 0.05) is 13.1 Å². The number of anilines is 1. The Labute approximate surface area is 232 Å². The molecule has 40 heavy (non-hydrogen) atoms. The van der Waals surface area contributed by atoms with Crippen molar-refractivity contribution in [1.82, 2.24) is 10.2 Å². The van der Waals surface area contributed by atoms with Crippen molar-refractivity contribution in [2.24, 2.45) is 0 Å². The van der Waals surface area contributed by atoms with Crippen LogP contribution in [0.4, 0.5) is 18.9 Å². The first kappa shape index (κ1) is 30.7. The van der Waals surface area contributed by atoms with Crippen molar-refractivity contribution >= 4 is 27.5 Å². The third kappa shape index (κ3) is 7.41. The molecular formula is C29H32F3N3O4S. The zero-order valence-corrected chi connectivity index (χ0v) is 23.3.